The van der Waals surface area contributed by atoms with E-state index >= 15 is 0 Å². The van der Waals surface area contributed by atoms with E-state index in [1.807, 2.05) is 0 Å². The molecule has 21 heavy (non-hydrogen) atoms. The first kappa shape index (κ1) is 18.6. The first-order valence-corrected chi connectivity index (χ1v) is 18.9. The molecular formula is C17H32OSi3. The molecule has 0 aliphatic heterocycles. The fourth-order valence-corrected chi connectivity index (χ4v) is 51.0. The third-order valence-corrected chi connectivity index (χ3v) is 41.7. The smallest absolute Gasteiger partial charge is 0.147 e. The molecule has 1 nitrogen and oxygen atoms in total. The number of benzene rings is 1. The summed E-state index contributed by atoms with van der Waals surface area (Å²) in [6.45, 7) is 20.9. The van der Waals surface area contributed by atoms with Gasteiger partial charge >= 0.3 is 0 Å². The van der Waals surface area contributed by atoms with Gasteiger partial charge in [0.1, 0.15) is 12.5 Å². The van der Waals surface area contributed by atoms with Crippen LogP contribution in [-0.4, -0.2) is 27.7 Å². The van der Waals surface area contributed by atoms with Crippen LogP contribution in [-0.2, 0) is 4.79 Å². The van der Waals surface area contributed by atoms with Crippen molar-refractivity contribution in [3.8, 4) is 0 Å². The Morgan fingerprint density at radius 1 is 0.810 bits per heavy atom. The van der Waals surface area contributed by atoms with Gasteiger partial charge in [-0.15, -0.1) is 0 Å². The third-order valence-electron chi connectivity index (χ3n) is 4.48. The van der Waals surface area contributed by atoms with Gasteiger partial charge in [0.25, 0.3) is 0 Å². The van der Waals surface area contributed by atoms with Crippen LogP contribution in [0, 0.1) is 5.41 Å². The maximum absolute atomic E-state index is 13.7. The fourth-order valence-electron chi connectivity index (χ4n) is 4.05. The summed E-state index contributed by atoms with van der Waals surface area (Å²) in [6.07, 6.45) is 0. The molecule has 0 unspecified atom stereocenters. The van der Waals surface area contributed by atoms with E-state index in [2.05, 4.69) is 90.4 Å². The van der Waals surface area contributed by atoms with Gasteiger partial charge in [0.05, 0.1) is 15.2 Å². The predicted octanol–water partition coefficient (Wildman–Crippen LogP) is 4.33. The zero-order chi connectivity index (χ0) is 16.7. The third kappa shape index (κ3) is 3.17. The summed E-state index contributed by atoms with van der Waals surface area (Å²) in [5.74, 6) is 0. The largest absolute Gasteiger partial charge is 0.305 e. The van der Waals surface area contributed by atoms with Crippen LogP contribution in [0.4, 0.5) is 0 Å². The zero-order valence-corrected chi connectivity index (χ0v) is 18.3. The molecule has 0 aliphatic rings. The Labute approximate surface area is 133 Å². The lowest BCUT2D eigenvalue weighted by Gasteiger charge is -2.51. The number of rotatable bonds is 4. The SMILES string of the molecule is CC(C)(C)C(=O)[Si](c1ccccc1)([Si](C)(C)C)[Si](C)(C)C. The van der Waals surface area contributed by atoms with E-state index < -0.39 is 22.3 Å². The number of hydrogen-bond donors (Lipinski definition) is 0. The fraction of sp³-hybridized carbons (Fsp3) is 0.588. The van der Waals surface area contributed by atoms with Crippen molar-refractivity contribution >= 4 is 32.9 Å². The highest BCUT2D eigenvalue weighted by Crippen LogP contribution is 2.35. The van der Waals surface area contributed by atoms with Crippen molar-refractivity contribution in [3.05, 3.63) is 30.3 Å². The molecule has 0 spiro atoms. The highest BCUT2D eigenvalue weighted by Gasteiger charge is 2.62. The molecule has 0 bridgehead atoms. The van der Waals surface area contributed by atoms with E-state index in [0.29, 0.717) is 5.41 Å². The Balaban J connectivity index is 3.82. The van der Waals surface area contributed by atoms with E-state index in [1.54, 1.807) is 0 Å². The topological polar surface area (TPSA) is 17.1 Å². The monoisotopic (exact) mass is 336 g/mol. The van der Waals surface area contributed by atoms with Crippen molar-refractivity contribution in [3.63, 3.8) is 0 Å². The Morgan fingerprint density at radius 2 is 1.19 bits per heavy atom. The minimum absolute atomic E-state index is 0.247. The molecule has 0 N–H and O–H groups in total. The van der Waals surface area contributed by atoms with E-state index in [4.69, 9.17) is 0 Å². The van der Waals surface area contributed by atoms with Gasteiger partial charge in [-0.05, 0) is 0 Å². The van der Waals surface area contributed by atoms with Gasteiger partial charge in [-0.1, -0.05) is 95.6 Å². The second-order valence-corrected chi connectivity index (χ2v) is 35.7. The second-order valence-electron chi connectivity index (χ2n) is 9.20. The van der Waals surface area contributed by atoms with Crippen molar-refractivity contribution in [2.45, 2.75) is 60.1 Å². The lowest BCUT2D eigenvalue weighted by atomic mass is 9.99. The average Bonchev–Trinajstić information content (AvgIpc) is 2.25. The molecule has 1 rings (SSSR count). The molecule has 4 heteroatoms. The summed E-state index contributed by atoms with van der Waals surface area (Å²) in [5.41, 5.74) is -0.247. The Bertz CT molecular complexity index is 488. The van der Waals surface area contributed by atoms with E-state index in [-0.39, 0.29) is 5.41 Å². The van der Waals surface area contributed by atoms with Crippen molar-refractivity contribution in [1.29, 1.82) is 0 Å². The lowest BCUT2D eigenvalue weighted by Crippen LogP contribution is -2.84. The molecule has 0 aromatic heterocycles. The molecule has 0 fully saturated rings. The quantitative estimate of drug-likeness (QED) is 0.748. The molecular weight excluding hydrogens is 304 g/mol. The van der Waals surface area contributed by atoms with Crippen molar-refractivity contribution in [2.75, 3.05) is 0 Å². The molecule has 0 amide bonds. The normalized spacial score (nSPS) is 14.1. The summed E-state index contributed by atoms with van der Waals surface area (Å²) < 4.78 is 0. The molecule has 0 saturated heterocycles. The number of hydrogen-bond acceptors (Lipinski definition) is 1. The summed E-state index contributed by atoms with van der Waals surface area (Å²) in [7, 11) is -5.44. The van der Waals surface area contributed by atoms with Crippen LogP contribution in [0.2, 0.25) is 39.3 Å². The van der Waals surface area contributed by atoms with Gasteiger partial charge in [0.2, 0.25) is 0 Å². The highest BCUT2D eigenvalue weighted by molar-refractivity contribution is 7.81. The lowest BCUT2D eigenvalue weighted by molar-refractivity contribution is -0.118. The standard InChI is InChI=1S/C17H32OSi3/c1-17(2,3)16(18)21(19(4,5)6,20(7,8)9)15-13-11-10-12-14-15/h10-14H,1-9H3. The summed E-state index contributed by atoms with van der Waals surface area (Å²) in [4.78, 5) is 13.7. The molecule has 0 atom stereocenters. The van der Waals surface area contributed by atoms with Crippen LogP contribution >= 0.6 is 0 Å². The molecule has 0 saturated carbocycles. The first-order chi connectivity index (χ1) is 9.26. The van der Waals surface area contributed by atoms with Gasteiger partial charge < -0.3 is 4.79 Å². The van der Waals surface area contributed by atoms with E-state index in [0.717, 1.165) is 0 Å². The average molecular weight is 337 g/mol. The number of carbonyl (C=O) groups is 1. The highest BCUT2D eigenvalue weighted by atomic mass is 29.6. The van der Waals surface area contributed by atoms with Crippen LogP contribution in [0.15, 0.2) is 30.3 Å². The van der Waals surface area contributed by atoms with E-state index in [9.17, 15) is 4.79 Å². The maximum atomic E-state index is 13.7. The second kappa shape index (κ2) is 5.63. The Kier molecular flexibility index (Phi) is 4.98. The van der Waals surface area contributed by atoms with Crippen molar-refractivity contribution < 1.29 is 4.79 Å². The predicted molar refractivity (Wildman–Crippen MR) is 103 cm³/mol. The van der Waals surface area contributed by atoms with Crippen LogP contribution < -0.4 is 5.19 Å². The van der Waals surface area contributed by atoms with E-state index in [1.165, 1.54) is 5.19 Å². The van der Waals surface area contributed by atoms with Gasteiger partial charge in [-0.25, -0.2) is 0 Å². The van der Waals surface area contributed by atoms with Gasteiger partial charge in [-0.3, -0.25) is 0 Å². The summed E-state index contributed by atoms with van der Waals surface area (Å²) in [6, 6.07) is 10.8. The maximum Gasteiger partial charge on any atom is 0.147 e. The van der Waals surface area contributed by atoms with Crippen LogP contribution in [0.1, 0.15) is 20.8 Å². The van der Waals surface area contributed by atoms with Crippen LogP contribution in [0.25, 0.3) is 0 Å². The van der Waals surface area contributed by atoms with Gasteiger partial charge in [0.15, 0.2) is 0 Å². The van der Waals surface area contributed by atoms with Gasteiger partial charge in [0, 0.05) is 5.41 Å². The zero-order valence-electron chi connectivity index (χ0n) is 15.3. The van der Waals surface area contributed by atoms with Crippen LogP contribution in [0.5, 0.6) is 0 Å². The molecule has 0 radical (unpaired) electrons. The van der Waals surface area contributed by atoms with Crippen LogP contribution in [0.3, 0.4) is 0 Å². The number of carbonyl (C=O) groups excluding carboxylic acids is 1. The first-order valence-electron chi connectivity index (χ1n) is 7.86. The summed E-state index contributed by atoms with van der Waals surface area (Å²) >= 11 is 0. The molecule has 118 valence electrons. The molecule has 1 aromatic rings. The minimum Gasteiger partial charge on any atom is -0.305 e. The molecule has 0 aliphatic carbocycles. The van der Waals surface area contributed by atoms with Gasteiger partial charge in [-0.2, -0.15) is 0 Å². The van der Waals surface area contributed by atoms with Crippen molar-refractivity contribution in [1.82, 2.24) is 0 Å². The Morgan fingerprint density at radius 3 is 1.48 bits per heavy atom. The molecule has 0 heterocycles. The minimum atomic E-state index is -2.17. The Hall–Kier alpha value is -0.459. The van der Waals surface area contributed by atoms with Crippen molar-refractivity contribution in [2.24, 2.45) is 5.41 Å². The molecule has 1 aromatic carbocycles. The summed E-state index contributed by atoms with van der Waals surface area (Å²) in [5, 5.41) is 1.97.